The highest BCUT2D eigenvalue weighted by atomic mass is 14.9. The Morgan fingerprint density at radius 2 is 1.76 bits per heavy atom. The second kappa shape index (κ2) is 5.22. The summed E-state index contributed by atoms with van der Waals surface area (Å²) in [4.78, 5) is 0. The maximum Gasteiger partial charge on any atom is -0.00199 e. The van der Waals surface area contributed by atoms with E-state index in [-0.39, 0.29) is 0 Å². The van der Waals surface area contributed by atoms with Crippen LogP contribution in [0.2, 0.25) is 0 Å². The van der Waals surface area contributed by atoms with Crippen molar-refractivity contribution in [2.75, 3.05) is 13.1 Å². The third-order valence-electron chi connectivity index (χ3n) is 4.49. The summed E-state index contributed by atoms with van der Waals surface area (Å²) in [6, 6.07) is 2.32. The van der Waals surface area contributed by atoms with Crippen molar-refractivity contribution in [3.63, 3.8) is 0 Å². The van der Waals surface area contributed by atoms with E-state index in [0.29, 0.717) is 0 Å². The number of aryl methyl sites for hydroxylation is 2. The Morgan fingerprint density at radius 1 is 1.12 bits per heavy atom. The second-order valence-corrected chi connectivity index (χ2v) is 5.64. The summed E-state index contributed by atoms with van der Waals surface area (Å²) in [6.45, 7) is 11.5. The number of nitrogens with one attached hydrogen (secondary N) is 1. The van der Waals surface area contributed by atoms with E-state index in [1.165, 1.54) is 54.6 Å². The van der Waals surface area contributed by atoms with Gasteiger partial charge in [0.25, 0.3) is 0 Å². The molecule has 0 saturated carbocycles. The molecule has 0 amide bonds. The van der Waals surface area contributed by atoms with Crippen molar-refractivity contribution in [2.45, 2.75) is 47.0 Å². The molecule has 0 aliphatic carbocycles. The molecule has 1 aromatic carbocycles. The molecule has 94 valence electrons. The van der Waals surface area contributed by atoms with Gasteiger partial charge in [0.05, 0.1) is 0 Å². The van der Waals surface area contributed by atoms with Crippen LogP contribution in [-0.2, 0) is 6.42 Å². The quantitative estimate of drug-likeness (QED) is 0.840. The molecule has 1 fully saturated rings. The van der Waals surface area contributed by atoms with Crippen molar-refractivity contribution < 1.29 is 0 Å². The molecule has 1 aromatic rings. The topological polar surface area (TPSA) is 12.0 Å². The predicted octanol–water partition coefficient (Wildman–Crippen LogP) is 3.46. The summed E-state index contributed by atoms with van der Waals surface area (Å²) >= 11 is 0. The summed E-state index contributed by atoms with van der Waals surface area (Å²) < 4.78 is 0. The molecule has 17 heavy (non-hydrogen) atoms. The number of hydrogen-bond acceptors (Lipinski definition) is 1. The van der Waals surface area contributed by atoms with Gasteiger partial charge in [0.1, 0.15) is 0 Å². The first-order chi connectivity index (χ1) is 8.09. The van der Waals surface area contributed by atoms with Gasteiger partial charge >= 0.3 is 0 Å². The molecule has 1 saturated heterocycles. The summed E-state index contributed by atoms with van der Waals surface area (Å²) in [7, 11) is 0. The van der Waals surface area contributed by atoms with Crippen LogP contribution in [0.1, 0.15) is 40.7 Å². The number of rotatable bonds is 3. The highest BCUT2D eigenvalue weighted by Crippen LogP contribution is 2.25. The third kappa shape index (κ3) is 2.71. The Bertz CT molecular complexity index is 374. The molecule has 1 aliphatic rings. The largest absolute Gasteiger partial charge is 0.316 e. The number of benzene rings is 1. The van der Waals surface area contributed by atoms with Crippen LogP contribution >= 0.6 is 0 Å². The van der Waals surface area contributed by atoms with Crippen LogP contribution in [0.25, 0.3) is 0 Å². The van der Waals surface area contributed by atoms with E-state index in [9.17, 15) is 0 Å². The van der Waals surface area contributed by atoms with E-state index in [0.717, 1.165) is 5.92 Å². The molecule has 1 heteroatoms. The number of hydrogen-bond donors (Lipinski definition) is 1. The third-order valence-corrected chi connectivity index (χ3v) is 4.49. The molecule has 0 bridgehead atoms. The van der Waals surface area contributed by atoms with Crippen molar-refractivity contribution in [1.29, 1.82) is 0 Å². The first-order valence-corrected chi connectivity index (χ1v) is 6.86. The van der Waals surface area contributed by atoms with E-state index in [2.05, 4.69) is 39.1 Å². The maximum atomic E-state index is 3.46. The molecule has 0 spiro atoms. The monoisotopic (exact) mass is 231 g/mol. The van der Waals surface area contributed by atoms with Gasteiger partial charge < -0.3 is 5.32 Å². The first kappa shape index (κ1) is 12.6. The van der Waals surface area contributed by atoms with Crippen LogP contribution in [0.4, 0.5) is 0 Å². The average molecular weight is 231 g/mol. The highest BCUT2D eigenvalue weighted by molar-refractivity contribution is 5.44. The fraction of sp³-hybridized carbons (Fsp3) is 0.625. The zero-order chi connectivity index (χ0) is 12.4. The van der Waals surface area contributed by atoms with E-state index in [1.807, 2.05) is 0 Å². The van der Waals surface area contributed by atoms with Crippen molar-refractivity contribution in [3.8, 4) is 0 Å². The van der Waals surface area contributed by atoms with Crippen LogP contribution in [0, 0.1) is 33.6 Å². The van der Waals surface area contributed by atoms with Crippen LogP contribution in [0.15, 0.2) is 6.07 Å². The molecule has 1 aliphatic heterocycles. The zero-order valence-corrected chi connectivity index (χ0v) is 11.7. The van der Waals surface area contributed by atoms with Crippen LogP contribution in [-0.4, -0.2) is 13.1 Å². The van der Waals surface area contributed by atoms with Gasteiger partial charge in [-0.3, -0.25) is 0 Å². The van der Waals surface area contributed by atoms with Crippen LogP contribution < -0.4 is 5.32 Å². The predicted molar refractivity (Wildman–Crippen MR) is 74.7 cm³/mol. The van der Waals surface area contributed by atoms with Crippen molar-refractivity contribution in [1.82, 2.24) is 5.32 Å². The molecule has 1 atom stereocenters. The van der Waals surface area contributed by atoms with E-state index in [1.54, 1.807) is 5.56 Å². The Morgan fingerprint density at radius 3 is 2.29 bits per heavy atom. The molecular weight excluding hydrogens is 206 g/mol. The van der Waals surface area contributed by atoms with Gasteiger partial charge in [-0.25, -0.2) is 0 Å². The molecule has 1 unspecified atom stereocenters. The standard InChI is InChI=1S/C16H25N/c1-11-9-12(2)14(4)16(13(11)3)6-5-15-7-8-17-10-15/h9,15,17H,5-8,10H2,1-4H3. The fourth-order valence-electron chi connectivity index (χ4n) is 2.98. The molecule has 0 radical (unpaired) electrons. The lowest BCUT2D eigenvalue weighted by Gasteiger charge is -2.16. The Hall–Kier alpha value is -0.820. The molecule has 1 nitrogen and oxygen atoms in total. The van der Waals surface area contributed by atoms with E-state index < -0.39 is 0 Å². The second-order valence-electron chi connectivity index (χ2n) is 5.64. The van der Waals surface area contributed by atoms with Gasteiger partial charge in [0.2, 0.25) is 0 Å². The van der Waals surface area contributed by atoms with Crippen LogP contribution in [0.3, 0.4) is 0 Å². The summed E-state index contributed by atoms with van der Waals surface area (Å²) in [6.07, 6.45) is 3.97. The Labute approximate surface area is 106 Å². The fourth-order valence-corrected chi connectivity index (χ4v) is 2.98. The minimum Gasteiger partial charge on any atom is -0.316 e. The van der Waals surface area contributed by atoms with Crippen molar-refractivity contribution in [3.05, 3.63) is 33.9 Å². The first-order valence-electron chi connectivity index (χ1n) is 6.86. The van der Waals surface area contributed by atoms with Gasteiger partial charge in [0.15, 0.2) is 0 Å². The summed E-state index contributed by atoms with van der Waals surface area (Å²) in [5.74, 6) is 0.898. The summed E-state index contributed by atoms with van der Waals surface area (Å²) in [5, 5.41) is 3.46. The average Bonchev–Trinajstić information content (AvgIpc) is 2.79. The highest BCUT2D eigenvalue weighted by Gasteiger charge is 2.16. The molecule has 0 aromatic heterocycles. The smallest absolute Gasteiger partial charge is 0.00199 e. The lowest BCUT2D eigenvalue weighted by atomic mass is 9.89. The lowest BCUT2D eigenvalue weighted by molar-refractivity contribution is 0.531. The maximum absolute atomic E-state index is 3.46. The van der Waals surface area contributed by atoms with Crippen molar-refractivity contribution >= 4 is 0 Å². The van der Waals surface area contributed by atoms with E-state index >= 15 is 0 Å². The molecule has 1 N–H and O–H groups in total. The Kier molecular flexibility index (Phi) is 3.88. The molecule has 1 heterocycles. The summed E-state index contributed by atoms with van der Waals surface area (Å²) in [5.41, 5.74) is 7.54. The minimum atomic E-state index is 0.898. The van der Waals surface area contributed by atoms with Gasteiger partial charge in [-0.2, -0.15) is 0 Å². The van der Waals surface area contributed by atoms with Gasteiger partial charge in [-0.15, -0.1) is 0 Å². The zero-order valence-electron chi connectivity index (χ0n) is 11.7. The van der Waals surface area contributed by atoms with Crippen molar-refractivity contribution in [2.24, 2.45) is 5.92 Å². The Balaban J connectivity index is 2.13. The van der Waals surface area contributed by atoms with Gasteiger partial charge in [0, 0.05) is 0 Å². The van der Waals surface area contributed by atoms with Crippen LogP contribution in [0.5, 0.6) is 0 Å². The lowest BCUT2D eigenvalue weighted by Crippen LogP contribution is -2.10. The van der Waals surface area contributed by atoms with Gasteiger partial charge in [-0.05, 0) is 93.8 Å². The normalized spacial score (nSPS) is 19.9. The molecular formula is C16H25N. The molecule has 2 rings (SSSR count). The van der Waals surface area contributed by atoms with Gasteiger partial charge in [-0.1, -0.05) is 6.07 Å². The SMILES string of the molecule is Cc1cc(C)c(C)c(CCC2CCNC2)c1C. The minimum absolute atomic E-state index is 0.898. The van der Waals surface area contributed by atoms with E-state index in [4.69, 9.17) is 0 Å².